The van der Waals surface area contributed by atoms with Gasteiger partial charge in [-0.1, -0.05) is 19.1 Å². The Balaban J connectivity index is 1.95. The third-order valence-corrected chi connectivity index (χ3v) is 2.49. The minimum atomic E-state index is 0.0437. The first-order valence-corrected chi connectivity index (χ1v) is 5.54. The van der Waals surface area contributed by atoms with Gasteiger partial charge >= 0.3 is 0 Å². The zero-order chi connectivity index (χ0) is 11.4. The summed E-state index contributed by atoms with van der Waals surface area (Å²) in [6.07, 6.45) is 0.957. The lowest BCUT2D eigenvalue weighted by Crippen LogP contribution is -2.37. The molecule has 0 bridgehead atoms. The first-order valence-electron chi connectivity index (χ1n) is 5.54. The number of anilines is 1. The number of ether oxygens (including phenoxy) is 1. The lowest BCUT2D eigenvalue weighted by Gasteiger charge is -2.15. The molecule has 1 aliphatic heterocycles. The van der Waals surface area contributed by atoms with E-state index in [-0.39, 0.29) is 5.91 Å². The van der Waals surface area contributed by atoms with E-state index in [0.717, 1.165) is 24.4 Å². The first kappa shape index (κ1) is 10.8. The molecule has 0 unspecified atom stereocenters. The summed E-state index contributed by atoms with van der Waals surface area (Å²) in [5.74, 6) is 0.896. The largest absolute Gasteiger partial charge is 0.471 e. The van der Waals surface area contributed by atoms with Crippen molar-refractivity contribution in [1.29, 1.82) is 0 Å². The van der Waals surface area contributed by atoms with Gasteiger partial charge in [0.05, 0.1) is 5.69 Å². The molecule has 0 spiro atoms. The van der Waals surface area contributed by atoms with E-state index < -0.39 is 0 Å². The maximum absolute atomic E-state index is 11.6. The van der Waals surface area contributed by atoms with Crippen LogP contribution < -0.4 is 15.0 Å². The fraction of sp³-hybridized carbons (Fsp3) is 0.417. The Kier molecular flexibility index (Phi) is 3.29. The van der Waals surface area contributed by atoms with Gasteiger partial charge < -0.3 is 15.0 Å². The Morgan fingerprint density at radius 3 is 3.12 bits per heavy atom. The van der Waals surface area contributed by atoms with Crippen molar-refractivity contribution in [1.82, 2.24) is 5.32 Å². The second kappa shape index (κ2) is 4.88. The van der Waals surface area contributed by atoms with Crippen LogP contribution in [0.25, 0.3) is 0 Å². The molecule has 4 nitrogen and oxygen atoms in total. The highest BCUT2D eigenvalue weighted by Crippen LogP contribution is 2.32. The molecule has 2 rings (SSSR count). The molecule has 0 saturated carbocycles. The van der Waals surface area contributed by atoms with Gasteiger partial charge in [-0.3, -0.25) is 4.79 Å². The molecule has 1 aliphatic rings. The number of nitrogens with one attached hydrogen (secondary N) is 1. The molecular formula is C12H16N2O2. The molecule has 86 valence electrons. The number of para-hydroxylation sites is 2. The zero-order valence-corrected chi connectivity index (χ0v) is 9.40. The molecular weight excluding hydrogens is 204 g/mol. The zero-order valence-electron chi connectivity index (χ0n) is 9.40. The van der Waals surface area contributed by atoms with E-state index in [1.807, 2.05) is 36.1 Å². The van der Waals surface area contributed by atoms with E-state index >= 15 is 0 Å². The number of nitrogens with zero attached hydrogens (tertiary/aromatic N) is 1. The van der Waals surface area contributed by atoms with Crippen molar-refractivity contribution in [2.75, 3.05) is 24.7 Å². The van der Waals surface area contributed by atoms with Gasteiger partial charge in [0.2, 0.25) is 5.91 Å². The molecule has 0 radical (unpaired) electrons. The van der Waals surface area contributed by atoms with Crippen LogP contribution >= 0.6 is 0 Å². The molecule has 4 heteroatoms. The van der Waals surface area contributed by atoms with E-state index in [9.17, 15) is 4.79 Å². The number of hydrogen-bond acceptors (Lipinski definition) is 3. The maximum Gasteiger partial charge on any atom is 0.239 e. The van der Waals surface area contributed by atoms with Crippen LogP contribution in [0, 0.1) is 0 Å². The van der Waals surface area contributed by atoms with E-state index in [0.29, 0.717) is 13.3 Å². The first-order chi connectivity index (χ1) is 7.81. The Bertz CT molecular complexity index is 379. The highest BCUT2D eigenvalue weighted by molar-refractivity contribution is 5.82. The minimum absolute atomic E-state index is 0.0437. The Morgan fingerprint density at radius 1 is 1.50 bits per heavy atom. The topological polar surface area (TPSA) is 41.6 Å². The average molecular weight is 220 g/mol. The summed E-state index contributed by atoms with van der Waals surface area (Å²) in [7, 11) is 0. The predicted molar refractivity (Wildman–Crippen MR) is 62.6 cm³/mol. The average Bonchev–Trinajstić information content (AvgIpc) is 2.70. The Hall–Kier alpha value is -1.71. The van der Waals surface area contributed by atoms with Crippen molar-refractivity contribution in [3.05, 3.63) is 24.3 Å². The lowest BCUT2D eigenvalue weighted by atomic mass is 10.3. The number of benzene rings is 1. The molecule has 0 atom stereocenters. The summed E-state index contributed by atoms with van der Waals surface area (Å²) in [6.45, 7) is 3.58. The number of rotatable bonds is 4. The molecule has 1 amide bonds. The summed E-state index contributed by atoms with van der Waals surface area (Å²) in [4.78, 5) is 13.5. The van der Waals surface area contributed by atoms with Crippen molar-refractivity contribution >= 4 is 11.6 Å². The predicted octanol–water partition coefficient (Wildman–Crippen LogP) is 1.37. The highest BCUT2D eigenvalue weighted by Gasteiger charge is 2.21. The number of fused-ring (bicyclic) bond motifs is 1. The van der Waals surface area contributed by atoms with Gasteiger partial charge in [0, 0.05) is 6.54 Å². The van der Waals surface area contributed by atoms with Gasteiger partial charge in [-0.2, -0.15) is 0 Å². The molecule has 0 aromatic heterocycles. The van der Waals surface area contributed by atoms with Crippen LogP contribution in [0.1, 0.15) is 13.3 Å². The van der Waals surface area contributed by atoms with Crippen molar-refractivity contribution in [3.8, 4) is 5.75 Å². The van der Waals surface area contributed by atoms with Gasteiger partial charge in [-0.25, -0.2) is 0 Å². The number of carbonyl (C=O) groups excluding carboxylic acids is 1. The van der Waals surface area contributed by atoms with Gasteiger partial charge in [-0.05, 0) is 18.6 Å². The SMILES string of the molecule is CCCNC(=O)CN1COc2ccccc21. The number of amides is 1. The summed E-state index contributed by atoms with van der Waals surface area (Å²) in [6, 6.07) is 7.76. The monoisotopic (exact) mass is 220 g/mol. The fourth-order valence-electron chi connectivity index (χ4n) is 1.68. The van der Waals surface area contributed by atoms with E-state index in [1.165, 1.54) is 0 Å². The summed E-state index contributed by atoms with van der Waals surface area (Å²) < 4.78 is 5.46. The standard InChI is InChI=1S/C12H16N2O2/c1-2-7-13-12(15)8-14-9-16-11-6-4-3-5-10(11)14/h3-6H,2,7-9H2,1H3,(H,13,15). The Morgan fingerprint density at radius 2 is 2.31 bits per heavy atom. The molecule has 16 heavy (non-hydrogen) atoms. The van der Waals surface area contributed by atoms with Crippen LogP contribution in [0.3, 0.4) is 0 Å². The Labute approximate surface area is 95.2 Å². The fourth-order valence-corrected chi connectivity index (χ4v) is 1.68. The highest BCUT2D eigenvalue weighted by atomic mass is 16.5. The summed E-state index contributed by atoms with van der Waals surface area (Å²) >= 11 is 0. The second-order valence-corrected chi connectivity index (χ2v) is 3.79. The minimum Gasteiger partial charge on any atom is -0.471 e. The van der Waals surface area contributed by atoms with Gasteiger partial charge in [0.1, 0.15) is 12.3 Å². The van der Waals surface area contributed by atoms with Crippen molar-refractivity contribution in [3.63, 3.8) is 0 Å². The van der Waals surface area contributed by atoms with Crippen molar-refractivity contribution in [2.24, 2.45) is 0 Å². The van der Waals surface area contributed by atoms with Crippen LogP contribution in [-0.2, 0) is 4.79 Å². The van der Waals surface area contributed by atoms with Crippen LogP contribution in [0.15, 0.2) is 24.3 Å². The van der Waals surface area contributed by atoms with E-state index in [2.05, 4.69) is 5.32 Å². The van der Waals surface area contributed by atoms with Crippen LogP contribution in [0.2, 0.25) is 0 Å². The van der Waals surface area contributed by atoms with Crippen molar-refractivity contribution < 1.29 is 9.53 Å². The smallest absolute Gasteiger partial charge is 0.239 e. The van der Waals surface area contributed by atoms with Crippen molar-refractivity contribution in [2.45, 2.75) is 13.3 Å². The second-order valence-electron chi connectivity index (χ2n) is 3.79. The third-order valence-electron chi connectivity index (χ3n) is 2.49. The molecule has 1 N–H and O–H groups in total. The normalized spacial score (nSPS) is 13.2. The molecule has 1 heterocycles. The quantitative estimate of drug-likeness (QED) is 0.833. The third kappa shape index (κ3) is 2.27. The molecule has 0 aliphatic carbocycles. The molecule has 0 fully saturated rings. The molecule has 1 aromatic carbocycles. The van der Waals surface area contributed by atoms with Crippen LogP contribution in [0.5, 0.6) is 5.75 Å². The summed E-state index contributed by atoms with van der Waals surface area (Å²) in [5, 5.41) is 2.85. The van der Waals surface area contributed by atoms with Crippen LogP contribution in [0.4, 0.5) is 5.69 Å². The van der Waals surface area contributed by atoms with Crippen LogP contribution in [-0.4, -0.2) is 25.7 Å². The van der Waals surface area contributed by atoms with E-state index in [1.54, 1.807) is 0 Å². The van der Waals surface area contributed by atoms with Gasteiger partial charge in [0.15, 0.2) is 6.73 Å². The number of carbonyl (C=O) groups is 1. The molecule has 1 aromatic rings. The number of hydrogen-bond donors (Lipinski definition) is 1. The maximum atomic E-state index is 11.6. The lowest BCUT2D eigenvalue weighted by molar-refractivity contribution is -0.119. The van der Waals surface area contributed by atoms with E-state index in [4.69, 9.17) is 4.74 Å². The van der Waals surface area contributed by atoms with Gasteiger partial charge in [-0.15, -0.1) is 0 Å². The summed E-state index contributed by atoms with van der Waals surface area (Å²) in [5.41, 5.74) is 0.995. The molecule has 0 saturated heterocycles. The van der Waals surface area contributed by atoms with Gasteiger partial charge in [0.25, 0.3) is 0 Å².